The van der Waals surface area contributed by atoms with Crippen LogP contribution in [0, 0.1) is 63.1 Å². The van der Waals surface area contributed by atoms with Crippen LogP contribution in [0.1, 0.15) is 192 Å². The normalized spacial score (nSPS) is 41.4. The van der Waals surface area contributed by atoms with Crippen LogP contribution in [0.25, 0.3) is 0 Å². The van der Waals surface area contributed by atoms with Crippen molar-refractivity contribution < 1.29 is 28.6 Å². The van der Waals surface area contributed by atoms with Crippen LogP contribution in [0.2, 0.25) is 0 Å². The van der Waals surface area contributed by atoms with Crippen molar-refractivity contribution in [3.8, 4) is 0 Å². The molecule has 9 saturated carbocycles. The molecule has 0 heterocycles. The number of carbonyl (C=O) groups is 3. The monoisotopic (exact) mass is 848 g/mol. The summed E-state index contributed by atoms with van der Waals surface area (Å²) in [4.78, 5) is 41.8. The number of rotatable bonds is 13. The van der Waals surface area contributed by atoms with Crippen molar-refractivity contribution in [2.24, 2.45) is 63.1 Å². The molecule has 0 unspecified atom stereocenters. The number of carbonyl (C=O) groups excluding carboxylic acids is 3. The molecule has 9 heteroatoms. The molecule has 10 aliphatic carbocycles. The van der Waals surface area contributed by atoms with Gasteiger partial charge >= 0.3 is 18.3 Å². The van der Waals surface area contributed by atoms with Crippen LogP contribution in [0.15, 0.2) is 11.6 Å². The fraction of sp³-hybridized carbons (Fsp3) is 0.904. The van der Waals surface area contributed by atoms with Gasteiger partial charge in [0.2, 0.25) is 0 Å². The van der Waals surface area contributed by atoms with E-state index in [0.717, 1.165) is 99.2 Å². The highest BCUT2D eigenvalue weighted by Crippen LogP contribution is 2.71. The van der Waals surface area contributed by atoms with Gasteiger partial charge in [-0.3, -0.25) is 0 Å². The quantitative estimate of drug-likeness (QED) is 0.141. The molecule has 4 bridgehead atoms. The van der Waals surface area contributed by atoms with Crippen molar-refractivity contribution in [2.75, 3.05) is 13.1 Å². The van der Waals surface area contributed by atoms with Crippen LogP contribution >= 0.6 is 0 Å². The van der Waals surface area contributed by atoms with Gasteiger partial charge in [0.15, 0.2) is 0 Å². The molecule has 0 spiro atoms. The molecular formula is C52H85N3O6. The molecule has 10 rings (SSSR count). The zero-order valence-electron chi connectivity index (χ0n) is 40.5. The van der Waals surface area contributed by atoms with Gasteiger partial charge in [-0.1, -0.05) is 66.0 Å². The summed E-state index contributed by atoms with van der Waals surface area (Å²) >= 11 is 0. The van der Waals surface area contributed by atoms with Crippen molar-refractivity contribution >= 4 is 18.3 Å². The highest BCUT2D eigenvalue weighted by atomic mass is 16.6. The summed E-state index contributed by atoms with van der Waals surface area (Å²) in [5.74, 6) is 5.64. The minimum atomic E-state index is -0.544. The van der Waals surface area contributed by atoms with Crippen LogP contribution < -0.4 is 10.6 Å². The van der Waals surface area contributed by atoms with Crippen LogP contribution in [0.4, 0.5) is 14.4 Å². The average molecular weight is 848 g/mol. The predicted octanol–water partition coefficient (Wildman–Crippen LogP) is 12.4. The molecule has 0 saturated heterocycles. The standard InChI is InChI=1S/C52H85N3O6/c1-13-35(33(2)3)15-14-34(4)39-18-19-40-38-17-16-36-24-37(20-22-47(36,11)41(38)21-23-48(39,40)12)59-44(58)55(31-49-25-51(26-49,27-49)53-42(56)60-45(5,6)7)32-50-28-52(29-50,30-50)54-43(57)61-46(8,9)10/h16,33-35,37-41H,13-15,17-32H2,1-12H3,(H,53,56)(H,54,57)/t34-,35-,37+,38+,39-,40+,41+,47+,48-,49?,50?,51?,52?/m1/s1. The Labute approximate surface area is 369 Å². The molecule has 0 aliphatic heterocycles. The van der Waals surface area contributed by atoms with Crippen molar-refractivity contribution in [3.05, 3.63) is 11.6 Å². The second-order valence-corrected chi connectivity index (χ2v) is 25.9. The second-order valence-electron chi connectivity index (χ2n) is 25.9. The molecule has 61 heavy (non-hydrogen) atoms. The van der Waals surface area contributed by atoms with Crippen LogP contribution in [0.5, 0.6) is 0 Å². The molecule has 2 N–H and O–H groups in total. The number of ether oxygens (including phenoxy) is 3. The van der Waals surface area contributed by atoms with Gasteiger partial charge in [0.1, 0.15) is 17.3 Å². The lowest BCUT2D eigenvalue weighted by molar-refractivity contribution is -0.189. The summed E-state index contributed by atoms with van der Waals surface area (Å²) in [6.07, 6.45) is 20.4. The number of amides is 3. The summed E-state index contributed by atoms with van der Waals surface area (Å²) in [7, 11) is 0. The van der Waals surface area contributed by atoms with E-state index < -0.39 is 11.2 Å². The minimum absolute atomic E-state index is 0.00536. The van der Waals surface area contributed by atoms with Crippen molar-refractivity contribution in [2.45, 2.75) is 221 Å². The lowest BCUT2D eigenvalue weighted by Crippen LogP contribution is -2.79. The summed E-state index contributed by atoms with van der Waals surface area (Å²) < 4.78 is 17.8. The molecule has 9 atom stereocenters. The van der Waals surface area contributed by atoms with Crippen molar-refractivity contribution in [1.29, 1.82) is 0 Å². The summed E-state index contributed by atoms with van der Waals surface area (Å²) in [6.45, 7) is 27.7. The van der Waals surface area contributed by atoms with E-state index in [0.29, 0.717) is 18.5 Å². The molecular weight excluding hydrogens is 763 g/mol. The average Bonchev–Trinajstić information content (AvgIpc) is 3.44. The fourth-order valence-corrected chi connectivity index (χ4v) is 16.2. The van der Waals surface area contributed by atoms with E-state index in [1.807, 2.05) is 46.4 Å². The van der Waals surface area contributed by atoms with Gasteiger partial charge in [-0.15, -0.1) is 0 Å². The number of nitrogens with zero attached hydrogens (tertiary/aromatic N) is 1. The fourth-order valence-electron chi connectivity index (χ4n) is 16.2. The Balaban J connectivity index is 0.896. The molecule has 344 valence electrons. The van der Waals surface area contributed by atoms with Crippen molar-refractivity contribution in [3.63, 3.8) is 0 Å². The molecule has 0 aromatic heterocycles. The number of alkyl carbamates (subject to hydrolysis) is 2. The van der Waals surface area contributed by atoms with Crippen LogP contribution in [-0.4, -0.2) is 64.7 Å². The van der Waals surface area contributed by atoms with Crippen LogP contribution in [0.3, 0.4) is 0 Å². The molecule has 9 fully saturated rings. The van der Waals surface area contributed by atoms with E-state index in [9.17, 15) is 14.4 Å². The maximum Gasteiger partial charge on any atom is 0.410 e. The third-order valence-corrected chi connectivity index (χ3v) is 18.7. The lowest BCUT2D eigenvalue weighted by atomic mass is 9.38. The van der Waals surface area contributed by atoms with E-state index in [4.69, 9.17) is 14.2 Å². The third-order valence-electron chi connectivity index (χ3n) is 18.7. The van der Waals surface area contributed by atoms with Crippen LogP contribution in [-0.2, 0) is 14.2 Å². The van der Waals surface area contributed by atoms with Gasteiger partial charge in [-0.2, -0.15) is 0 Å². The smallest absolute Gasteiger partial charge is 0.410 e. The number of nitrogens with one attached hydrogen (secondary N) is 2. The van der Waals surface area contributed by atoms with Gasteiger partial charge in [0.25, 0.3) is 0 Å². The molecule has 10 aliphatic rings. The Bertz CT molecular complexity index is 1640. The second kappa shape index (κ2) is 15.3. The number of fused-ring (bicyclic) bond motifs is 5. The Morgan fingerprint density at radius 1 is 0.770 bits per heavy atom. The first-order valence-electron chi connectivity index (χ1n) is 25.0. The Morgan fingerprint density at radius 2 is 1.33 bits per heavy atom. The summed E-state index contributed by atoms with van der Waals surface area (Å²) in [5.41, 5.74) is 0.668. The van der Waals surface area contributed by atoms with Gasteiger partial charge in [0, 0.05) is 30.6 Å². The Kier molecular flexibility index (Phi) is 11.3. The highest BCUT2D eigenvalue weighted by molar-refractivity contribution is 5.71. The van der Waals surface area contributed by atoms with Gasteiger partial charge < -0.3 is 29.7 Å². The van der Waals surface area contributed by atoms with E-state index in [2.05, 4.69) is 58.3 Å². The SMILES string of the molecule is CC[C@H](CC[C@@H](C)[C@H]1CC[C@H]2[C@@H]3CC=C4C[C@@H](OC(=O)N(CC56CC(NC(=O)OC(C)(C)C)(C5)C6)CC56CC(NC(=O)OC(C)(C)C)(C5)C6)CC[C@]4(C)[C@H]3CC[C@]12C)C(C)C. The first kappa shape index (κ1) is 45.1. The van der Waals surface area contributed by atoms with Gasteiger partial charge in [-0.05, 0) is 195 Å². The minimum Gasteiger partial charge on any atom is -0.446 e. The van der Waals surface area contributed by atoms with E-state index in [-0.39, 0.29) is 51.7 Å². The first-order chi connectivity index (χ1) is 28.3. The first-order valence-corrected chi connectivity index (χ1v) is 25.0. The summed E-state index contributed by atoms with van der Waals surface area (Å²) in [6, 6.07) is 0. The highest BCUT2D eigenvalue weighted by Gasteiger charge is 2.72. The number of hydrogen-bond acceptors (Lipinski definition) is 6. The van der Waals surface area contributed by atoms with Gasteiger partial charge in [0.05, 0.1) is 0 Å². The third kappa shape index (κ3) is 8.50. The van der Waals surface area contributed by atoms with Gasteiger partial charge in [-0.25, -0.2) is 14.4 Å². The van der Waals surface area contributed by atoms with Crippen molar-refractivity contribution in [1.82, 2.24) is 15.5 Å². The van der Waals surface area contributed by atoms with E-state index >= 15 is 0 Å². The Hall–Kier alpha value is -2.45. The maximum atomic E-state index is 14.5. The van der Waals surface area contributed by atoms with E-state index in [1.165, 1.54) is 51.4 Å². The molecule has 0 aromatic rings. The molecule has 0 aromatic carbocycles. The maximum absolute atomic E-state index is 14.5. The zero-order chi connectivity index (χ0) is 44.2. The summed E-state index contributed by atoms with van der Waals surface area (Å²) in [5, 5.41) is 6.31. The van der Waals surface area contributed by atoms with E-state index in [1.54, 1.807) is 5.57 Å². The molecule has 9 nitrogen and oxygen atoms in total. The zero-order valence-corrected chi connectivity index (χ0v) is 40.5. The number of allylic oxidation sites excluding steroid dienone is 1. The molecule has 3 amide bonds. The molecule has 0 radical (unpaired) electrons. The predicted molar refractivity (Wildman–Crippen MR) is 241 cm³/mol. The number of hydrogen-bond donors (Lipinski definition) is 2. The Morgan fingerprint density at radius 3 is 1.84 bits per heavy atom. The topological polar surface area (TPSA) is 106 Å². The largest absolute Gasteiger partial charge is 0.446 e. The lowest BCUT2D eigenvalue weighted by Gasteiger charge is -2.73.